The molecule has 0 unspecified atom stereocenters. The van der Waals surface area contributed by atoms with Gasteiger partial charge in [-0.1, -0.05) is 0 Å². The lowest BCUT2D eigenvalue weighted by Crippen LogP contribution is -2.19. The Labute approximate surface area is 90.4 Å². The Morgan fingerprint density at radius 3 is 2.53 bits per heavy atom. The Kier molecular flexibility index (Phi) is 3.50. The lowest BCUT2D eigenvalue weighted by molar-refractivity contribution is -0.276. The van der Waals surface area contributed by atoms with E-state index in [1.165, 1.54) is 0 Å². The summed E-state index contributed by atoms with van der Waals surface area (Å²) in [6, 6.07) is 0. The van der Waals surface area contributed by atoms with Crippen LogP contribution in [-0.4, -0.2) is 11.3 Å². The first kappa shape index (κ1) is 12.2. The van der Waals surface area contributed by atoms with Gasteiger partial charge >= 0.3 is 6.36 Å². The monoisotopic (exact) mass is 288 g/mol. The van der Waals surface area contributed by atoms with Crippen LogP contribution in [0.1, 0.15) is 5.56 Å². The highest BCUT2D eigenvalue weighted by atomic mass is 79.9. The minimum Gasteiger partial charge on any atom is -0.387 e. The number of pyridine rings is 1. The van der Waals surface area contributed by atoms with Gasteiger partial charge in [-0.3, -0.25) is 0 Å². The molecule has 0 amide bonds. The molecular formula is C7H5BrF4N2O. The van der Waals surface area contributed by atoms with Crippen molar-refractivity contribution in [2.75, 3.05) is 0 Å². The molecule has 1 heterocycles. The molecule has 1 aromatic rings. The topological polar surface area (TPSA) is 48.1 Å². The zero-order valence-electron chi connectivity index (χ0n) is 7.11. The number of rotatable bonds is 2. The van der Waals surface area contributed by atoms with Gasteiger partial charge in [-0.05, 0) is 15.9 Å². The zero-order chi connectivity index (χ0) is 11.6. The van der Waals surface area contributed by atoms with Gasteiger partial charge in [0.15, 0.2) is 0 Å². The summed E-state index contributed by atoms with van der Waals surface area (Å²) in [6.45, 7) is -0.261. The van der Waals surface area contributed by atoms with Gasteiger partial charge in [0.2, 0.25) is 5.88 Å². The molecule has 0 saturated carbocycles. The molecule has 0 aromatic carbocycles. The SMILES string of the molecule is NCc1c(F)cnc(OC(F)(F)F)c1Br. The van der Waals surface area contributed by atoms with Gasteiger partial charge in [0.05, 0.1) is 10.7 Å². The van der Waals surface area contributed by atoms with E-state index in [2.05, 4.69) is 25.7 Å². The van der Waals surface area contributed by atoms with E-state index in [4.69, 9.17) is 5.73 Å². The smallest absolute Gasteiger partial charge is 0.387 e. The molecule has 3 nitrogen and oxygen atoms in total. The van der Waals surface area contributed by atoms with E-state index >= 15 is 0 Å². The molecule has 0 saturated heterocycles. The summed E-state index contributed by atoms with van der Waals surface area (Å²) in [6.07, 6.45) is -4.26. The molecule has 0 bridgehead atoms. The van der Waals surface area contributed by atoms with Crippen molar-refractivity contribution in [3.63, 3.8) is 0 Å². The third-order valence-corrected chi connectivity index (χ3v) is 2.27. The zero-order valence-corrected chi connectivity index (χ0v) is 8.69. The average molecular weight is 289 g/mol. The first-order valence-corrected chi connectivity index (χ1v) is 4.43. The normalized spacial score (nSPS) is 11.6. The van der Waals surface area contributed by atoms with Crippen molar-refractivity contribution in [2.24, 2.45) is 5.73 Å². The number of nitrogens with two attached hydrogens (primary N) is 1. The molecule has 2 N–H and O–H groups in total. The Bertz CT molecular complexity index is 369. The number of hydrogen-bond donors (Lipinski definition) is 1. The van der Waals surface area contributed by atoms with Crippen molar-refractivity contribution in [1.29, 1.82) is 0 Å². The number of aromatic nitrogens is 1. The third kappa shape index (κ3) is 3.03. The maximum atomic E-state index is 13.0. The van der Waals surface area contributed by atoms with Crippen molar-refractivity contribution in [2.45, 2.75) is 12.9 Å². The van der Waals surface area contributed by atoms with E-state index in [9.17, 15) is 17.6 Å². The van der Waals surface area contributed by atoms with Gasteiger partial charge in [0.25, 0.3) is 0 Å². The fourth-order valence-corrected chi connectivity index (χ4v) is 1.39. The molecule has 0 fully saturated rings. The summed E-state index contributed by atoms with van der Waals surface area (Å²) in [5, 5.41) is 0. The third-order valence-electron chi connectivity index (χ3n) is 1.45. The van der Waals surface area contributed by atoms with Gasteiger partial charge in [-0.2, -0.15) is 0 Å². The van der Waals surface area contributed by atoms with Gasteiger partial charge in [-0.15, -0.1) is 13.2 Å². The maximum Gasteiger partial charge on any atom is 0.574 e. The van der Waals surface area contributed by atoms with Gasteiger partial charge < -0.3 is 10.5 Å². The maximum absolute atomic E-state index is 13.0. The summed E-state index contributed by atoms with van der Waals surface area (Å²) in [5.74, 6) is -1.55. The molecule has 15 heavy (non-hydrogen) atoms. The molecule has 0 spiro atoms. The summed E-state index contributed by atoms with van der Waals surface area (Å²) >= 11 is 2.74. The molecule has 1 aromatic heterocycles. The van der Waals surface area contributed by atoms with E-state index in [-0.39, 0.29) is 16.6 Å². The lowest BCUT2D eigenvalue weighted by Gasteiger charge is -2.11. The van der Waals surface area contributed by atoms with Crippen LogP contribution in [0.5, 0.6) is 5.88 Å². The molecule has 0 radical (unpaired) electrons. The van der Waals surface area contributed by atoms with Crippen molar-refractivity contribution in [1.82, 2.24) is 4.98 Å². The average Bonchev–Trinajstić information content (AvgIpc) is 2.09. The summed E-state index contributed by atoms with van der Waals surface area (Å²) in [4.78, 5) is 3.15. The molecule has 1 rings (SSSR count). The Balaban J connectivity index is 3.11. The Morgan fingerprint density at radius 1 is 1.47 bits per heavy atom. The molecule has 0 aliphatic carbocycles. The molecule has 84 valence electrons. The van der Waals surface area contributed by atoms with Crippen molar-refractivity contribution >= 4 is 15.9 Å². The minimum absolute atomic E-state index is 0.121. The number of nitrogens with zero attached hydrogens (tertiary/aromatic N) is 1. The second-order valence-corrected chi connectivity index (χ2v) is 3.25. The Morgan fingerprint density at radius 2 is 2.07 bits per heavy atom. The predicted molar refractivity (Wildman–Crippen MR) is 46.5 cm³/mol. The fraction of sp³-hybridized carbons (Fsp3) is 0.286. The largest absolute Gasteiger partial charge is 0.574 e. The predicted octanol–water partition coefficient (Wildman–Crippen LogP) is 2.34. The van der Waals surface area contributed by atoms with Crippen LogP contribution in [0.25, 0.3) is 0 Å². The molecule has 8 heteroatoms. The molecule has 0 aliphatic rings. The van der Waals surface area contributed by atoms with Crippen LogP contribution in [0.15, 0.2) is 10.7 Å². The van der Waals surface area contributed by atoms with Crippen LogP contribution in [-0.2, 0) is 6.54 Å². The standard InChI is InChI=1S/C7H5BrF4N2O/c8-5-3(1-13)4(9)2-14-6(5)15-7(10,11)12/h2H,1,13H2. The second-order valence-electron chi connectivity index (χ2n) is 2.46. The lowest BCUT2D eigenvalue weighted by atomic mass is 10.2. The van der Waals surface area contributed by atoms with Gasteiger partial charge in [0.1, 0.15) is 5.82 Å². The number of alkyl halides is 3. The van der Waals surface area contributed by atoms with Crippen molar-refractivity contribution < 1.29 is 22.3 Å². The van der Waals surface area contributed by atoms with Gasteiger partial charge in [-0.25, -0.2) is 9.37 Å². The molecular weight excluding hydrogens is 284 g/mol. The Hall–Kier alpha value is -0.890. The number of ether oxygens (including phenoxy) is 1. The van der Waals surface area contributed by atoms with E-state index in [0.717, 1.165) is 0 Å². The second kappa shape index (κ2) is 4.31. The van der Waals surface area contributed by atoms with Gasteiger partial charge in [0, 0.05) is 12.1 Å². The van der Waals surface area contributed by atoms with Crippen molar-refractivity contribution in [3.05, 3.63) is 22.1 Å². The first-order valence-electron chi connectivity index (χ1n) is 3.64. The van der Waals surface area contributed by atoms with E-state index in [1.54, 1.807) is 0 Å². The van der Waals surface area contributed by atoms with Crippen LogP contribution in [0.2, 0.25) is 0 Å². The highest BCUT2D eigenvalue weighted by Crippen LogP contribution is 2.31. The van der Waals surface area contributed by atoms with E-state index in [0.29, 0.717) is 6.20 Å². The van der Waals surface area contributed by atoms with Crippen LogP contribution in [0.4, 0.5) is 17.6 Å². The van der Waals surface area contributed by atoms with Crippen LogP contribution >= 0.6 is 15.9 Å². The van der Waals surface area contributed by atoms with Crippen LogP contribution < -0.4 is 10.5 Å². The molecule has 0 aliphatic heterocycles. The molecule has 0 atom stereocenters. The number of hydrogen-bond acceptors (Lipinski definition) is 3. The number of halogens is 5. The highest BCUT2D eigenvalue weighted by molar-refractivity contribution is 9.10. The summed E-state index contributed by atoms with van der Waals surface area (Å²) < 4.78 is 51.8. The highest BCUT2D eigenvalue weighted by Gasteiger charge is 2.33. The fourth-order valence-electron chi connectivity index (χ4n) is 0.852. The summed E-state index contributed by atoms with van der Waals surface area (Å²) in [7, 11) is 0. The van der Waals surface area contributed by atoms with Crippen LogP contribution in [0, 0.1) is 5.82 Å². The van der Waals surface area contributed by atoms with E-state index < -0.39 is 18.1 Å². The summed E-state index contributed by atoms with van der Waals surface area (Å²) in [5.41, 5.74) is 5.03. The quantitative estimate of drug-likeness (QED) is 0.850. The minimum atomic E-state index is -4.88. The van der Waals surface area contributed by atoms with Crippen molar-refractivity contribution in [3.8, 4) is 5.88 Å². The van der Waals surface area contributed by atoms with Crippen LogP contribution in [0.3, 0.4) is 0 Å². The van der Waals surface area contributed by atoms with E-state index in [1.807, 2.05) is 0 Å². The first-order chi connectivity index (χ1) is 6.85.